The number of hydrogen-bond donors (Lipinski definition) is 0. The van der Waals surface area contributed by atoms with E-state index in [9.17, 15) is 0 Å². The van der Waals surface area contributed by atoms with E-state index in [-0.39, 0.29) is 5.41 Å². The van der Waals surface area contributed by atoms with Crippen molar-refractivity contribution in [3.05, 3.63) is 236 Å². The van der Waals surface area contributed by atoms with Gasteiger partial charge >= 0.3 is 0 Å². The highest BCUT2D eigenvalue weighted by Crippen LogP contribution is 2.54. The fourth-order valence-corrected chi connectivity index (χ4v) is 11.9. The van der Waals surface area contributed by atoms with Crippen LogP contribution in [0.1, 0.15) is 25.0 Å². The van der Waals surface area contributed by atoms with Gasteiger partial charge in [-0.3, -0.25) is 4.90 Å². The van der Waals surface area contributed by atoms with Crippen LogP contribution in [0.4, 0.5) is 17.3 Å². The molecule has 4 heterocycles. The molecule has 5 nitrogen and oxygen atoms in total. The summed E-state index contributed by atoms with van der Waals surface area (Å²) in [6, 6.07) is 81.2. The molecule has 1 aliphatic heterocycles. The molecule has 2 aliphatic rings. The average Bonchev–Trinajstić information content (AvgIpc) is 3.87. The van der Waals surface area contributed by atoms with Crippen LogP contribution in [0.15, 0.2) is 224 Å². The zero-order chi connectivity index (χ0) is 47.0. The number of rotatable bonds is 5. The van der Waals surface area contributed by atoms with Gasteiger partial charge in [-0.15, -0.1) is 0 Å². The molecule has 0 bridgehead atoms. The predicted octanol–water partition coefficient (Wildman–Crippen LogP) is 17.2. The second-order valence-electron chi connectivity index (χ2n) is 19.6. The van der Waals surface area contributed by atoms with E-state index in [0.29, 0.717) is 5.95 Å². The number of hydrogen-bond acceptors (Lipinski definition) is 4. The molecule has 0 amide bonds. The summed E-state index contributed by atoms with van der Waals surface area (Å²) in [5.74, 6) is 0.611. The minimum atomic E-state index is -0.119. The minimum Gasteiger partial charge on any atom is -0.309 e. The van der Waals surface area contributed by atoms with Crippen LogP contribution in [0, 0.1) is 0 Å². The summed E-state index contributed by atoms with van der Waals surface area (Å²) >= 11 is 0. The second kappa shape index (κ2) is 14.9. The fourth-order valence-electron chi connectivity index (χ4n) is 11.9. The summed E-state index contributed by atoms with van der Waals surface area (Å²) in [6.45, 7) is 4.72. The van der Waals surface area contributed by atoms with Gasteiger partial charge in [-0.2, -0.15) is 0 Å². The highest BCUT2D eigenvalue weighted by atomic mass is 15.3. The number of anilines is 3. The monoisotopic (exact) mass is 905 g/mol. The maximum Gasteiger partial charge on any atom is 0.235 e. The summed E-state index contributed by atoms with van der Waals surface area (Å²) < 4.78 is 2.45. The lowest BCUT2D eigenvalue weighted by atomic mass is 9.82. The normalized spacial score (nSPS) is 13.3. The van der Waals surface area contributed by atoms with E-state index < -0.39 is 0 Å². The molecule has 10 aromatic carbocycles. The van der Waals surface area contributed by atoms with Crippen molar-refractivity contribution in [2.24, 2.45) is 0 Å². The molecule has 0 unspecified atom stereocenters. The van der Waals surface area contributed by atoms with Crippen molar-refractivity contribution in [3.8, 4) is 61.6 Å². The zero-order valence-corrected chi connectivity index (χ0v) is 39.1. The van der Waals surface area contributed by atoms with Gasteiger partial charge in [-0.05, 0) is 123 Å². The Kier molecular flexibility index (Phi) is 8.35. The highest BCUT2D eigenvalue weighted by molar-refractivity contribution is 6.21. The Bertz CT molecular complexity index is 4360. The summed E-state index contributed by atoms with van der Waals surface area (Å²) in [5.41, 5.74) is 21.1. The molecule has 3 aromatic heterocycles. The van der Waals surface area contributed by atoms with Crippen LogP contribution in [-0.2, 0) is 5.41 Å². The van der Waals surface area contributed by atoms with Crippen LogP contribution in [-0.4, -0.2) is 19.5 Å². The van der Waals surface area contributed by atoms with E-state index in [1.807, 2.05) is 0 Å². The Morgan fingerprint density at radius 2 is 1.00 bits per heavy atom. The lowest BCUT2D eigenvalue weighted by Crippen LogP contribution is -2.18. The summed E-state index contributed by atoms with van der Waals surface area (Å²) in [6.07, 6.45) is 0. The molecular weight excluding hydrogens is 863 g/mol. The van der Waals surface area contributed by atoms with E-state index in [4.69, 9.17) is 15.0 Å². The van der Waals surface area contributed by atoms with Crippen molar-refractivity contribution < 1.29 is 0 Å². The molecule has 0 fully saturated rings. The van der Waals surface area contributed by atoms with Crippen LogP contribution in [0.2, 0.25) is 0 Å². The molecule has 71 heavy (non-hydrogen) atoms. The first-order valence-corrected chi connectivity index (χ1v) is 24.4. The lowest BCUT2D eigenvalue weighted by molar-refractivity contribution is 0.661. The first kappa shape index (κ1) is 39.8. The number of pyridine rings is 1. The molecule has 0 N–H and O–H groups in total. The third-order valence-electron chi connectivity index (χ3n) is 15.3. The van der Waals surface area contributed by atoms with Crippen molar-refractivity contribution in [2.45, 2.75) is 19.3 Å². The SMILES string of the molecule is CC1(C)c2ccccc2-c2cc3c4cc(-c5ccc6c(c5)-c5nc7ccc(-c8ccccc8)cc7c7cccc(c57)N6c5nc(-c6ccccc6)c6ccccc6n5)ccc4n(-c4ccccc4)c3cc21. The van der Waals surface area contributed by atoms with Gasteiger partial charge in [0, 0.05) is 49.2 Å². The number of benzene rings is 10. The van der Waals surface area contributed by atoms with Crippen molar-refractivity contribution in [3.63, 3.8) is 0 Å². The van der Waals surface area contributed by atoms with E-state index in [1.165, 1.54) is 49.6 Å². The van der Waals surface area contributed by atoms with Crippen molar-refractivity contribution in [1.29, 1.82) is 0 Å². The molecule has 0 saturated carbocycles. The molecule has 332 valence electrons. The van der Waals surface area contributed by atoms with Crippen molar-refractivity contribution in [1.82, 2.24) is 19.5 Å². The van der Waals surface area contributed by atoms with E-state index in [1.54, 1.807) is 0 Å². The largest absolute Gasteiger partial charge is 0.309 e. The van der Waals surface area contributed by atoms with Crippen LogP contribution in [0.5, 0.6) is 0 Å². The van der Waals surface area contributed by atoms with Gasteiger partial charge in [0.1, 0.15) is 0 Å². The maximum absolute atomic E-state index is 5.61. The van der Waals surface area contributed by atoms with Crippen LogP contribution < -0.4 is 4.90 Å². The lowest BCUT2D eigenvalue weighted by Gasteiger charge is -2.32. The van der Waals surface area contributed by atoms with Crippen LogP contribution in [0.25, 0.3) is 116 Å². The first-order chi connectivity index (χ1) is 35.0. The van der Waals surface area contributed by atoms with Gasteiger partial charge in [0.2, 0.25) is 5.95 Å². The smallest absolute Gasteiger partial charge is 0.235 e. The number of fused-ring (bicyclic) bond motifs is 11. The quantitative estimate of drug-likeness (QED) is 0.161. The van der Waals surface area contributed by atoms with Gasteiger partial charge in [-0.1, -0.05) is 166 Å². The van der Waals surface area contributed by atoms with Crippen LogP contribution in [0.3, 0.4) is 0 Å². The molecule has 0 saturated heterocycles. The average molecular weight is 906 g/mol. The van der Waals surface area contributed by atoms with E-state index >= 15 is 0 Å². The standard InChI is InChI=1S/C66H43N5/c1-66(2)54-26-14-12-23-46(54)49-38-52-51-36-43(30-33-58(51)70(61(52)39-55(49)66)45-21-10-5-11-22-45)44-31-34-59-53(37-44)64-62-47(50-35-42(29-32-57(50)67-64)40-17-6-3-7-18-40)25-16-28-60(62)71(59)65-68-56-27-15-13-24-48(56)63(69-65)41-19-8-4-9-20-41/h3-39H,1-2H3. The Hall–Kier alpha value is -9.19. The Balaban J connectivity index is 0.980. The summed E-state index contributed by atoms with van der Waals surface area (Å²) in [7, 11) is 0. The fraction of sp³-hybridized carbons (Fsp3) is 0.0455. The molecule has 15 rings (SSSR count). The summed E-state index contributed by atoms with van der Waals surface area (Å²) in [5, 5.41) is 6.79. The third kappa shape index (κ3) is 5.84. The van der Waals surface area contributed by atoms with E-state index in [2.05, 4.69) is 248 Å². The summed E-state index contributed by atoms with van der Waals surface area (Å²) in [4.78, 5) is 18.7. The molecule has 0 radical (unpaired) electrons. The molecule has 0 atom stereocenters. The maximum atomic E-state index is 5.61. The Labute approximate surface area is 410 Å². The molecular formula is C66H43N5. The van der Waals surface area contributed by atoms with Gasteiger partial charge in [0.15, 0.2) is 0 Å². The molecule has 13 aromatic rings. The van der Waals surface area contributed by atoms with Gasteiger partial charge < -0.3 is 4.57 Å². The second-order valence-corrected chi connectivity index (χ2v) is 19.6. The van der Waals surface area contributed by atoms with E-state index in [0.717, 1.165) is 88.8 Å². The molecule has 0 spiro atoms. The Morgan fingerprint density at radius 3 is 1.85 bits per heavy atom. The first-order valence-electron chi connectivity index (χ1n) is 24.4. The number of aromatic nitrogens is 4. The van der Waals surface area contributed by atoms with Crippen molar-refractivity contribution in [2.75, 3.05) is 4.90 Å². The predicted molar refractivity (Wildman–Crippen MR) is 294 cm³/mol. The topological polar surface area (TPSA) is 46.8 Å². The third-order valence-corrected chi connectivity index (χ3v) is 15.3. The van der Waals surface area contributed by atoms with Gasteiger partial charge in [0.25, 0.3) is 0 Å². The van der Waals surface area contributed by atoms with Gasteiger partial charge in [0.05, 0.1) is 44.8 Å². The van der Waals surface area contributed by atoms with Crippen molar-refractivity contribution >= 4 is 71.7 Å². The minimum absolute atomic E-state index is 0.119. The Morgan fingerprint density at radius 1 is 0.352 bits per heavy atom. The van der Waals surface area contributed by atoms with Crippen LogP contribution >= 0.6 is 0 Å². The number of para-hydroxylation sites is 2. The number of nitrogens with zero attached hydrogens (tertiary/aromatic N) is 5. The molecule has 1 aliphatic carbocycles. The zero-order valence-electron chi connectivity index (χ0n) is 39.1. The molecule has 5 heteroatoms. The highest BCUT2D eigenvalue weighted by Gasteiger charge is 2.36. The van der Waals surface area contributed by atoms with Gasteiger partial charge in [-0.25, -0.2) is 15.0 Å².